The normalized spacial score (nSPS) is 20.8. The third kappa shape index (κ3) is 6.56. The fourth-order valence-corrected chi connectivity index (χ4v) is 2.76. The first kappa shape index (κ1) is 17.2. The minimum atomic E-state index is -3.18. The molecule has 1 saturated heterocycles. The number of nitrogens with one attached hydrogen (secondary N) is 1. The average molecular weight is 306 g/mol. The summed E-state index contributed by atoms with van der Waals surface area (Å²) in [6.45, 7) is 6.56. The van der Waals surface area contributed by atoms with Crippen molar-refractivity contribution in [2.24, 2.45) is 0 Å². The van der Waals surface area contributed by atoms with E-state index in [2.05, 4.69) is 4.72 Å². The van der Waals surface area contributed by atoms with E-state index in [0.717, 1.165) is 25.5 Å². The molecule has 0 aromatic carbocycles. The molecule has 0 saturated carbocycles. The highest BCUT2D eigenvalue weighted by Gasteiger charge is 2.30. The summed E-state index contributed by atoms with van der Waals surface area (Å²) in [4.78, 5) is 13.9. The summed E-state index contributed by atoms with van der Waals surface area (Å²) >= 11 is 0. The van der Waals surface area contributed by atoms with Gasteiger partial charge in [-0.25, -0.2) is 17.9 Å². The summed E-state index contributed by atoms with van der Waals surface area (Å²) in [6, 6.07) is 0.0489. The first-order valence-corrected chi connectivity index (χ1v) is 8.92. The van der Waals surface area contributed by atoms with Crippen molar-refractivity contribution in [2.75, 3.05) is 19.3 Å². The number of nitrogens with zero attached hydrogens (tertiary/aromatic N) is 1. The molecule has 1 heterocycles. The number of hydrogen-bond acceptors (Lipinski definition) is 4. The van der Waals surface area contributed by atoms with Gasteiger partial charge in [0.05, 0.1) is 6.26 Å². The van der Waals surface area contributed by atoms with E-state index in [1.54, 1.807) is 4.90 Å². The first-order chi connectivity index (χ1) is 9.08. The van der Waals surface area contributed by atoms with E-state index in [1.165, 1.54) is 0 Å². The lowest BCUT2D eigenvalue weighted by Gasteiger charge is -2.36. The van der Waals surface area contributed by atoms with Gasteiger partial charge >= 0.3 is 6.09 Å². The standard InChI is InChI=1S/C13H26N2O4S/c1-13(2,3)19-12(16)15-10-6-5-7-11(15)8-9-14-20(4,17)18/h11,14H,5-10H2,1-4H3. The van der Waals surface area contributed by atoms with Crippen LogP contribution in [0.15, 0.2) is 0 Å². The molecule has 6 nitrogen and oxygen atoms in total. The molecule has 1 aliphatic heterocycles. The van der Waals surface area contributed by atoms with Crippen molar-refractivity contribution in [3.63, 3.8) is 0 Å². The van der Waals surface area contributed by atoms with Crippen molar-refractivity contribution < 1.29 is 17.9 Å². The summed E-state index contributed by atoms with van der Waals surface area (Å²) in [6.07, 6.45) is 4.37. The molecule has 1 atom stereocenters. The highest BCUT2D eigenvalue weighted by molar-refractivity contribution is 7.88. The minimum Gasteiger partial charge on any atom is -0.444 e. The Morgan fingerprint density at radius 3 is 2.55 bits per heavy atom. The lowest BCUT2D eigenvalue weighted by atomic mass is 10.00. The maximum absolute atomic E-state index is 12.1. The molecule has 1 fully saturated rings. The van der Waals surface area contributed by atoms with Crippen LogP contribution in [0.2, 0.25) is 0 Å². The number of hydrogen-bond donors (Lipinski definition) is 1. The van der Waals surface area contributed by atoms with Crippen LogP contribution in [0.4, 0.5) is 4.79 Å². The lowest BCUT2D eigenvalue weighted by molar-refractivity contribution is 0.00910. The highest BCUT2D eigenvalue weighted by Crippen LogP contribution is 2.22. The number of amides is 1. The summed E-state index contributed by atoms with van der Waals surface area (Å²) in [7, 11) is -3.18. The van der Waals surface area contributed by atoms with Gasteiger partial charge in [-0.3, -0.25) is 0 Å². The van der Waals surface area contributed by atoms with E-state index in [9.17, 15) is 13.2 Å². The second-order valence-electron chi connectivity index (χ2n) is 6.28. The van der Waals surface area contributed by atoms with E-state index < -0.39 is 15.6 Å². The van der Waals surface area contributed by atoms with Crippen molar-refractivity contribution >= 4 is 16.1 Å². The van der Waals surface area contributed by atoms with Crippen LogP contribution >= 0.6 is 0 Å². The molecule has 1 N–H and O–H groups in total. The monoisotopic (exact) mass is 306 g/mol. The molecular weight excluding hydrogens is 280 g/mol. The zero-order valence-corrected chi connectivity index (χ0v) is 13.6. The number of carbonyl (C=O) groups is 1. The average Bonchev–Trinajstić information content (AvgIpc) is 2.25. The predicted octanol–water partition coefficient (Wildman–Crippen LogP) is 1.72. The van der Waals surface area contributed by atoms with Gasteiger partial charge in [0.1, 0.15) is 5.60 Å². The van der Waals surface area contributed by atoms with E-state index in [4.69, 9.17) is 4.74 Å². The third-order valence-corrected chi connectivity index (χ3v) is 3.83. The van der Waals surface area contributed by atoms with E-state index in [1.807, 2.05) is 20.8 Å². The molecule has 0 radical (unpaired) electrons. The summed E-state index contributed by atoms with van der Waals surface area (Å²) in [5.41, 5.74) is -0.510. The largest absolute Gasteiger partial charge is 0.444 e. The molecule has 0 bridgehead atoms. The van der Waals surface area contributed by atoms with Gasteiger partial charge in [-0.1, -0.05) is 0 Å². The fourth-order valence-electron chi connectivity index (χ4n) is 2.27. The van der Waals surface area contributed by atoms with Crippen LogP contribution in [0, 0.1) is 0 Å². The number of ether oxygens (including phenoxy) is 1. The first-order valence-electron chi connectivity index (χ1n) is 7.03. The number of piperidine rings is 1. The Morgan fingerprint density at radius 2 is 2.00 bits per heavy atom. The Balaban J connectivity index is 2.56. The van der Waals surface area contributed by atoms with Crippen molar-refractivity contribution in [1.29, 1.82) is 0 Å². The maximum Gasteiger partial charge on any atom is 0.410 e. The molecule has 0 aromatic heterocycles. The number of carbonyl (C=O) groups excluding carboxylic acids is 1. The van der Waals surface area contributed by atoms with E-state index >= 15 is 0 Å². The minimum absolute atomic E-state index is 0.0489. The van der Waals surface area contributed by atoms with Crippen LogP contribution < -0.4 is 4.72 Å². The van der Waals surface area contributed by atoms with E-state index in [-0.39, 0.29) is 12.1 Å². The second-order valence-corrected chi connectivity index (χ2v) is 8.11. The number of likely N-dealkylation sites (tertiary alicyclic amines) is 1. The van der Waals surface area contributed by atoms with Crippen LogP contribution in [0.1, 0.15) is 46.5 Å². The Bertz CT molecular complexity index is 428. The van der Waals surface area contributed by atoms with Gasteiger partial charge in [-0.05, 0) is 46.5 Å². The van der Waals surface area contributed by atoms with Crippen molar-refractivity contribution in [1.82, 2.24) is 9.62 Å². The summed E-state index contributed by atoms with van der Waals surface area (Å²) in [5, 5.41) is 0. The molecule has 1 unspecified atom stereocenters. The van der Waals surface area contributed by atoms with Gasteiger partial charge in [-0.2, -0.15) is 0 Å². The van der Waals surface area contributed by atoms with Crippen LogP contribution in [-0.2, 0) is 14.8 Å². The van der Waals surface area contributed by atoms with Crippen molar-refractivity contribution in [2.45, 2.75) is 58.1 Å². The van der Waals surface area contributed by atoms with Gasteiger partial charge in [-0.15, -0.1) is 0 Å². The molecule has 0 spiro atoms. The van der Waals surface area contributed by atoms with Crippen molar-refractivity contribution in [3.8, 4) is 0 Å². The molecule has 0 aromatic rings. The second kappa shape index (κ2) is 6.76. The van der Waals surface area contributed by atoms with Crippen molar-refractivity contribution in [3.05, 3.63) is 0 Å². The van der Waals surface area contributed by atoms with E-state index in [0.29, 0.717) is 19.5 Å². The molecule has 1 rings (SSSR count). The van der Waals surface area contributed by atoms with Gasteiger partial charge in [0.15, 0.2) is 0 Å². The topological polar surface area (TPSA) is 75.7 Å². The maximum atomic E-state index is 12.1. The Morgan fingerprint density at radius 1 is 1.35 bits per heavy atom. The Kier molecular flexibility index (Phi) is 5.82. The van der Waals surface area contributed by atoms with Gasteiger partial charge in [0.25, 0.3) is 0 Å². The number of rotatable bonds is 4. The molecule has 0 aliphatic carbocycles. The summed E-state index contributed by atoms with van der Waals surface area (Å²) < 4.78 is 30.0. The quantitative estimate of drug-likeness (QED) is 0.858. The van der Waals surface area contributed by atoms with Gasteiger partial charge in [0.2, 0.25) is 10.0 Å². The van der Waals surface area contributed by atoms with Crippen LogP contribution in [0.5, 0.6) is 0 Å². The molecule has 1 amide bonds. The molecule has 7 heteroatoms. The van der Waals surface area contributed by atoms with Gasteiger partial charge < -0.3 is 9.64 Å². The zero-order chi connectivity index (χ0) is 15.4. The predicted molar refractivity (Wildman–Crippen MR) is 78.0 cm³/mol. The Hall–Kier alpha value is -0.820. The third-order valence-electron chi connectivity index (χ3n) is 3.10. The van der Waals surface area contributed by atoms with Crippen LogP contribution in [0.3, 0.4) is 0 Å². The molecule has 118 valence electrons. The lowest BCUT2D eigenvalue weighted by Crippen LogP contribution is -2.47. The molecule has 20 heavy (non-hydrogen) atoms. The van der Waals surface area contributed by atoms with Gasteiger partial charge in [0, 0.05) is 19.1 Å². The smallest absolute Gasteiger partial charge is 0.410 e. The number of sulfonamides is 1. The van der Waals surface area contributed by atoms with Crippen LogP contribution in [0.25, 0.3) is 0 Å². The SMILES string of the molecule is CC(C)(C)OC(=O)N1CCCCC1CCNS(C)(=O)=O. The van der Waals surface area contributed by atoms with Crippen LogP contribution in [-0.4, -0.2) is 50.4 Å². The fraction of sp³-hybridized carbons (Fsp3) is 0.923. The highest BCUT2D eigenvalue weighted by atomic mass is 32.2. The molecule has 1 aliphatic rings. The Labute approximate surface area is 121 Å². The summed E-state index contributed by atoms with van der Waals surface area (Å²) in [5.74, 6) is 0. The zero-order valence-electron chi connectivity index (χ0n) is 12.8. The molecular formula is C13H26N2O4S.